The summed E-state index contributed by atoms with van der Waals surface area (Å²) in [6.07, 6.45) is 1.63. The van der Waals surface area contributed by atoms with Crippen LogP contribution in [-0.2, 0) is 21.4 Å². The van der Waals surface area contributed by atoms with Gasteiger partial charge in [-0.2, -0.15) is 0 Å². The van der Waals surface area contributed by atoms with Gasteiger partial charge in [-0.25, -0.2) is 17.5 Å². The molecule has 2 N–H and O–H groups in total. The van der Waals surface area contributed by atoms with Crippen molar-refractivity contribution in [2.45, 2.75) is 37.2 Å². The number of hydrogen-bond acceptors (Lipinski definition) is 4. The lowest BCUT2D eigenvalue weighted by molar-refractivity contribution is -0.121. The molecule has 0 aromatic heterocycles. The standard InChI is InChI=1S/C21H24FN3O4S/c1-2-25(14-20(26)23-13-15-6-8-17(22)9-7-15)21(27)16-4-3-5-19(12-16)30(28,29)24-18-10-11-18/h3-9,12,18,24H,2,10-11,13-14H2,1H3,(H,23,26). The molecule has 30 heavy (non-hydrogen) atoms. The third kappa shape index (κ3) is 5.87. The third-order valence-corrected chi connectivity index (χ3v) is 6.21. The van der Waals surface area contributed by atoms with E-state index in [1.807, 2.05) is 0 Å². The highest BCUT2D eigenvalue weighted by atomic mass is 32.2. The molecule has 2 amide bonds. The van der Waals surface area contributed by atoms with Gasteiger partial charge in [-0.05, 0) is 55.7 Å². The molecule has 1 aliphatic rings. The zero-order chi connectivity index (χ0) is 21.7. The Morgan fingerprint density at radius 3 is 2.47 bits per heavy atom. The third-order valence-electron chi connectivity index (χ3n) is 4.70. The van der Waals surface area contributed by atoms with Crippen molar-refractivity contribution in [2.24, 2.45) is 0 Å². The molecule has 0 bridgehead atoms. The average molecular weight is 434 g/mol. The second-order valence-electron chi connectivity index (χ2n) is 7.15. The molecular formula is C21H24FN3O4S. The molecule has 0 unspecified atom stereocenters. The van der Waals surface area contributed by atoms with Crippen molar-refractivity contribution in [3.8, 4) is 0 Å². The Labute approximate surface area is 175 Å². The summed E-state index contributed by atoms with van der Waals surface area (Å²) in [5, 5.41) is 2.69. The molecule has 3 rings (SSSR count). The fraction of sp³-hybridized carbons (Fsp3) is 0.333. The van der Waals surface area contributed by atoms with Gasteiger partial charge < -0.3 is 10.2 Å². The van der Waals surface area contributed by atoms with Gasteiger partial charge in [0.15, 0.2) is 0 Å². The number of nitrogens with one attached hydrogen (secondary N) is 2. The minimum absolute atomic E-state index is 0.0251. The SMILES string of the molecule is CCN(CC(=O)NCc1ccc(F)cc1)C(=O)c1cccc(S(=O)(=O)NC2CC2)c1. The quantitative estimate of drug-likeness (QED) is 0.633. The molecule has 2 aromatic rings. The van der Waals surface area contributed by atoms with E-state index >= 15 is 0 Å². The molecule has 0 aliphatic heterocycles. The Morgan fingerprint density at radius 1 is 1.13 bits per heavy atom. The summed E-state index contributed by atoms with van der Waals surface area (Å²) in [4.78, 5) is 26.4. The highest BCUT2D eigenvalue weighted by Gasteiger charge is 2.28. The number of halogens is 1. The van der Waals surface area contributed by atoms with Crippen LogP contribution in [-0.4, -0.2) is 44.3 Å². The van der Waals surface area contributed by atoms with Gasteiger partial charge in [0.05, 0.1) is 11.4 Å². The van der Waals surface area contributed by atoms with Gasteiger partial charge in [0.2, 0.25) is 15.9 Å². The summed E-state index contributed by atoms with van der Waals surface area (Å²) in [5.41, 5.74) is 0.932. The Balaban J connectivity index is 1.63. The highest BCUT2D eigenvalue weighted by Crippen LogP contribution is 2.22. The fourth-order valence-corrected chi connectivity index (χ4v) is 4.18. The van der Waals surface area contributed by atoms with Crippen LogP contribution < -0.4 is 10.0 Å². The van der Waals surface area contributed by atoms with Gasteiger partial charge in [0, 0.05) is 24.7 Å². The normalized spacial score (nSPS) is 13.7. The lowest BCUT2D eigenvalue weighted by Gasteiger charge is -2.21. The Hall–Kier alpha value is -2.78. The van der Waals surface area contributed by atoms with Gasteiger partial charge in [0.1, 0.15) is 5.82 Å². The summed E-state index contributed by atoms with van der Waals surface area (Å²) >= 11 is 0. The van der Waals surface area contributed by atoms with Gasteiger partial charge in [-0.15, -0.1) is 0 Å². The summed E-state index contributed by atoms with van der Waals surface area (Å²) < 4.78 is 40.3. The van der Waals surface area contributed by atoms with Crippen LogP contribution in [0.2, 0.25) is 0 Å². The largest absolute Gasteiger partial charge is 0.350 e. The van der Waals surface area contributed by atoms with Gasteiger partial charge in [0.25, 0.3) is 5.91 Å². The molecule has 9 heteroatoms. The molecular weight excluding hydrogens is 409 g/mol. The van der Waals surface area contributed by atoms with Gasteiger partial charge in [-0.1, -0.05) is 18.2 Å². The summed E-state index contributed by atoms with van der Waals surface area (Å²) in [7, 11) is -3.68. The first-order valence-corrected chi connectivity index (χ1v) is 11.2. The van der Waals surface area contributed by atoms with Crippen LogP contribution in [0.5, 0.6) is 0 Å². The van der Waals surface area contributed by atoms with Crippen molar-refractivity contribution in [1.82, 2.24) is 14.9 Å². The van der Waals surface area contributed by atoms with Crippen molar-refractivity contribution in [3.05, 3.63) is 65.5 Å². The Kier molecular flexibility index (Phi) is 6.84. The summed E-state index contributed by atoms with van der Waals surface area (Å²) in [6, 6.07) is 11.5. The molecule has 1 saturated carbocycles. The van der Waals surface area contributed by atoms with Crippen molar-refractivity contribution in [3.63, 3.8) is 0 Å². The average Bonchev–Trinajstić information content (AvgIpc) is 3.54. The minimum atomic E-state index is -3.68. The molecule has 1 aliphatic carbocycles. The number of likely N-dealkylation sites (N-methyl/N-ethyl adjacent to an activating group) is 1. The van der Waals surface area contributed by atoms with Crippen LogP contribution in [0.3, 0.4) is 0 Å². The number of benzene rings is 2. The molecule has 0 saturated heterocycles. The maximum atomic E-state index is 12.9. The van der Waals surface area contributed by atoms with Crippen molar-refractivity contribution in [2.75, 3.05) is 13.1 Å². The predicted molar refractivity (Wildman–Crippen MR) is 110 cm³/mol. The van der Waals surface area contributed by atoms with Crippen LogP contribution >= 0.6 is 0 Å². The number of hydrogen-bond donors (Lipinski definition) is 2. The lowest BCUT2D eigenvalue weighted by atomic mass is 10.2. The maximum absolute atomic E-state index is 12.9. The van der Waals surface area contributed by atoms with E-state index in [0.29, 0.717) is 0 Å². The van der Waals surface area contributed by atoms with E-state index in [1.54, 1.807) is 19.1 Å². The van der Waals surface area contributed by atoms with Crippen LogP contribution in [0.4, 0.5) is 4.39 Å². The second-order valence-corrected chi connectivity index (χ2v) is 8.86. The number of sulfonamides is 1. The van der Waals surface area contributed by atoms with Gasteiger partial charge >= 0.3 is 0 Å². The molecule has 7 nitrogen and oxygen atoms in total. The van der Waals surface area contributed by atoms with E-state index < -0.39 is 15.9 Å². The maximum Gasteiger partial charge on any atom is 0.254 e. The van der Waals surface area contributed by atoms with E-state index in [0.717, 1.165) is 18.4 Å². The Morgan fingerprint density at radius 2 is 1.83 bits per heavy atom. The zero-order valence-electron chi connectivity index (χ0n) is 16.6. The molecule has 0 atom stereocenters. The first-order valence-electron chi connectivity index (χ1n) is 9.71. The van der Waals surface area contributed by atoms with E-state index in [-0.39, 0.29) is 47.9 Å². The molecule has 0 heterocycles. The molecule has 0 spiro atoms. The smallest absolute Gasteiger partial charge is 0.254 e. The summed E-state index contributed by atoms with van der Waals surface area (Å²) in [5.74, 6) is -1.16. The lowest BCUT2D eigenvalue weighted by Crippen LogP contribution is -2.40. The van der Waals surface area contributed by atoms with E-state index in [2.05, 4.69) is 10.0 Å². The summed E-state index contributed by atoms with van der Waals surface area (Å²) in [6.45, 7) is 2.06. The molecule has 0 radical (unpaired) electrons. The van der Waals surface area contributed by atoms with Crippen LogP contribution in [0, 0.1) is 5.82 Å². The number of nitrogens with zero attached hydrogens (tertiary/aromatic N) is 1. The number of carbonyl (C=O) groups excluding carboxylic acids is 2. The first kappa shape index (κ1) is 21.9. The predicted octanol–water partition coefficient (Wildman–Crippen LogP) is 2.04. The monoisotopic (exact) mass is 433 g/mol. The van der Waals surface area contributed by atoms with Gasteiger partial charge in [-0.3, -0.25) is 9.59 Å². The van der Waals surface area contributed by atoms with E-state index in [1.165, 1.54) is 41.3 Å². The highest BCUT2D eigenvalue weighted by molar-refractivity contribution is 7.89. The van der Waals surface area contributed by atoms with Crippen molar-refractivity contribution in [1.29, 1.82) is 0 Å². The molecule has 160 valence electrons. The van der Waals surface area contributed by atoms with Crippen molar-refractivity contribution >= 4 is 21.8 Å². The van der Waals surface area contributed by atoms with Crippen molar-refractivity contribution < 1.29 is 22.4 Å². The van der Waals surface area contributed by atoms with Crippen LogP contribution in [0.15, 0.2) is 53.4 Å². The number of amides is 2. The molecule has 2 aromatic carbocycles. The van der Waals surface area contributed by atoms with Crippen LogP contribution in [0.1, 0.15) is 35.7 Å². The van der Waals surface area contributed by atoms with Crippen LogP contribution in [0.25, 0.3) is 0 Å². The van der Waals surface area contributed by atoms with E-state index in [4.69, 9.17) is 0 Å². The Bertz CT molecular complexity index is 1020. The topological polar surface area (TPSA) is 95.6 Å². The minimum Gasteiger partial charge on any atom is -0.350 e. The fourth-order valence-electron chi connectivity index (χ4n) is 2.83. The molecule has 1 fully saturated rings. The first-order chi connectivity index (χ1) is 14.3. The number of rotatable bonds is 9. The van der Waals surface area contributed by atoms with E-state index in [9.17, 15) is 22.4 Å². The zero-order valence-corrected chi connectivity index (χ0v) is 17.4. The number of carbonyl (C=O) groups is 2. The second kappa shape index (κ2) is 9.36.